The maximum Gasteiger partial charge on any atom is 0.241 e. The lowest BCUT2D eigenvalue weighted by atomic mass is 10.0. The SMILES string of the molecule is CC(N)CCNS(=O)(=O)c1cc2c(cc1Br)CCC(=O)N2. The van der Waals surface area contributed by atoms with Crippen LogP contribution in [0.5, 0.6) is 0 Å². The van der Waals surface area contributed by atoms with E-state index < -0.39 is 10.0 Å². The van der Waals surface area contributed by atoms with Gasteiger partial charge in [0, 0.05) is 29.2 Å². The summed E-state index contributed by atoms with van der Waals surface area (Å²) < 4.78 is 27.6. The Morgan fingerprint density at radius 2 is 2.14 bits per heavy atom. The molecule has 0 bridgehead atoms. The van der Waals surface area contributed by atoms with Crippen molar-refractivity contribution in [2.24, 2.45) is 5.73 Å². The van der Waals surface area contributed by atoms with Gasteiger partial charge in [-0.1, -0.05) is 0 Å². The van der Waals surface area contributed by atoms with Gasteiger partial charge in [0.15, 0.2) is 0 Å². The molecule has 1 aliphatic rings. The highest BCUT2D eigenvalue weighted by atomic mass is 79.9. The van der Waals surface area contributed by atoms with Crippen molar-refractivity contribution in [2.75, 3.05) is 11.9 Å². The number of carbonyl (C=O) groups is 1. The predicted molar refractivity (Wildman–Crippen MR) is 84.5 cm³/mol. The first-order valence-corrected chi connectivity index (χ1v) is 8.95. The summed E-state index contributed by atoms with van der Waals surface area (Å²) in [6.07, 6.45) is 1.58. The number of fused-ring (bicyclic) bond motifs is 1. The Hall–Kier alpha value is -0.960. The molecule has 1 aliphatic heterocycles. The molecule has 0 radical (unpaired) electrons. The van der Waals surface area contributed by atoms with Crippen molar-refractivity contribution in [3.05, 3.63) is 22.2 Å². The number of sulfonamides is 1. The fraction of sp³-hybridized carbons (Fsp3) is 0.462. The van der Waals surface area contributed by atoms with Crippen LogP contribution in [-0.4, -0.2) is 26.9 Å². The Balaban J connectivity index is 2.26. The van der Waals surface area contributed by atoms with Crippen molar-refractivity contribution in [1.29, 1.82) is 0 Å². The number of hydrogen-bond acceptors (Lipinski definition) is 4. The fourth-order valence-corrected chi connectivity index (χ4v) is 4.24. The second-order valence-corrected chi connectivity index (χ2v) is 7.74. The first kappa shape index (κ1) is 16.4. The van der Waals surface area contributed by atoms with Crippen LogP contribution in [0.4, 0.5) is 5.69 Å². The summed E-state index contributed by atoms with van der Waals surface area (Å²) in [6, 6.07) is 3.17. The van der Waals surface area contributed by atoms with Crippen LogP contribution in [0.25, 0.3) is 0 Å². The van der Waals surface area contributed by atoms with E-state index in [1.54, 1.807) is 6.07 Å². The van der Waals surface area contributed by atoms with Gasteiger partial charge in [0.05, 0.1) is 4.90 Å². The number of nitrogens with two attached hydrogens (primary N) is 1. The van der Waals surface area contributed by atoms with Gasteiger partial charge in [0.2, 0.25) is 15.9 Å². The highest BCUT2D eigenvalue weighted by Crippen LogP contribution is 2.31. The molecule has 4 N–H and O–H groups in total. The van der Waals surface area contributed by atoms with E-state index in [0.29, 0.717) is 29.4 Å². The molecule has 0 saturated heterocycles. The Labute approximate surface area is 132 Å². The van der Waals surface area contributed by atoms with Crippen LogP contribution in [-0.2, 0) is 21.2 Å². The molecule has 1 heterocycles. The van der Waals surface area contributed by atoms with Gasteiger partial charge < -0.3 is 11.1 Å². The minimum Gasteiger partial charge on any atom is -0.328 e. The van der Waals surface area contributed by atoms with Gasteiger partial charge in [-0.25, -0.2) is 13.1 Å². The largest absolute Gasteiger partial charge is 0.328 e. The fourth-order valence-electron chi connectivity index (χ4n) is 2.08. The van der Waals surface area contributed by atoms with Gasteiger partial charge in [-0.05, 0) is 53.4 Å². The second kappa shape index (κ2) is 6.43. The minimum atomic E-state index is -3.64. The van der Waals surface area contributed by atoms with Gasteiger partial charge in [-0.15, -0.1) is 0 Å². The quantitative estimate of drug-likeness (QED) is 0.722. The molecule has 1 aromatic rings. The average Bonchev–Trinajstić information content (AvgIpc) is 2.37. The van der Waals surface area contributed by atoms with E-state index in [4.69, 9.17) is 5.73 Å². The molecule has 1 atom stereocenters. The number of aryl methyl sites for hydroxylation is 1. The number of nitrogens with one attached hydrogen (secondary N) is 2. The van der Waals surface area contributed by atoms with Crippen LogP contribution in [0.1, 0.15) is 25.3 Å². The third-order valence-electron chi connectivity index (χ3n) is 3.23. The van der Waals surface area contributed by atoms with Crippen molar-refractivity contribution in [3.63, 3.8) is 0 Å². The highest BCUT2D eigenvalue weighted by molar-refractivity contribution is 9.10. The van der Waals surface area contributed by atoms with E-state index in [-0.39, 0.29) is 23.4 Å². The molecule has 0 aliphatic carbocycles. The van der Waals surface area contributed by atoms with E-state index in [0.717, 1.165) is 5.56 Å². The van der Waals surface area contributed by atoms with Crippen molar-refractivity contribution >= 4 is 37.5 Å². The number of anilines is 1. The normalized spacial score (nSPS) is 16.2. The molecule has 0 aromatic heterocycles. The standard InChI is InChI=1S/C13H18BrN3O3S/c1-8(15)4-5-16-21(19,20)12-7-11-9(6-10(12)14)2-3-13(18)17-11/h6-8,16H,2-5,15H2,1H3,(H,17,18). The molecule has 1 unspecified atom stereocenters. The van der Waals surface area contributed by atoms with Crippen LogP contribution < -0.4 is 15.8 Å². The Morgan fingerprint density at radius 1 is 1.43 bits per heavy atom. The smallest absolute Gasteiger partial charge is 0.241 e. The number of hydrogen-bond donors (Lipinski definition) is 3. The number of rotatable bonds is 5. The third kappa shape index (κ3) is 4.03. The lowest BCUT2D eigenvalue weighted by Gasteiger charge is -2.19. The molecule has 1 amide bonds. The monoisotopic (exact) mass is 375 g/mol. The number of carbonyl (C=O) groups excluding carboxylic acids is 1. The molecule has 0 fully saturated rings. The Kier molecular flexibility index (Phi) is 5.03. The van der Waals surface area contributed by atoms with E-state index >= 15 is 0 Å². The summed E-state index contributed by atoms with van der Waals surface area (Å²) in [4.78, 5) is 11.5. The van der Waals surface area contributed by atoms with Crippen molar-refractivity contribution in [3.8, 4) is 0 Å². The first-order valence-electron chi connectivity index (χ1n) is 6.67. The van der Waals surface area contributed by atoms with Crippen LogP contribution >= 0.6 is 15.9 Å². The number of amides is 1. The zero-order valence-corrected chi connectivity index (χ0v) is 14.1. The van der Waals surface area contributed by atoms with Gasteiger partial charge >= 0.3 is 0 Å². The zero-order chi connectivity index (χ0) is 15.6. The molecule has 21 heavy (non-hydrogen) atoms. The van der Waals surface area contributed by atoms with E-state index in [9.17, 15) is 13.2 Å². The van der Waals surface area contributed by atoms with Gasteiger partial charge in [0.1, 0.15) is 0 Å². The number of halogens is 1. The molecule has 6 nitrogen and oxygen atoms in total. The van der Waals surface area contributed by atoms with Crippen LogP contribution in [0.2, 0.25) is 0 Å². The van der Waals surface area contributed by atoms with Gasteiger partial charge in [0.25, 0.3) is 0 Å². The predicted octanol–water partition coefficient (Wildman–Crippen LogP) is 1.35. The van der Waals surface area contributed by atoms with E-state index in [1.807, 2.05) is 6.92 Å². The molecular weight excluding hydrogens is 358 g/mol. The lowest BCUT2D eigenvalue weighted by Crippen LogP contribution is -2.29. The Bertz CT molecular complexity index is 659. The van der Waals surface area contributed by atoms with E-state index in [1.165, 1.54) is 6.07 Å². The van der Waals surface area contributed by atoms with Gasteiger partial charge in [-0.2, -0.15) is 0 Å². The summed E-state index contributed by atoms with van der Waals surface area (Å²) >= 11 is 3.29. The van der Waals surface area contributed by atoms with Crippen LogP contribution in [0.3, 0.4) is 0 Å². The molecule has 116 valence electrons. The molecule has 0 saturated carbocycles. The van der Waals surface area contributed by atoms with Crippen molar-refractivity contribution < 1.29 is 13.2 Å². The van der Waals surface area contributed by atoms with E-state index in [2.05, 4.69) is 26.0 Å². The summed E-state index contributed by atoms with van der Waals surface area (Å²) in [5.74, 6) is -0.0990. The molecule has 0 spiro atoms. The van der Waals surface area contributed by atoms with Crippen molar-refractivity contribution in [1.82, 2.24) is 4.72 Å². The second-order valence-electron chi connectivity index (χ2n) is 5.15. The molecular formula is C13H18BrN3O3S. The third-order valence-corrected chi connectivity index (χ3v) is 5.65. The van der Waals surface area contributed by atoms with Crippen LogP contribution in [0.15, 0.2) is 21.5 Å². The topological polar surface area (TPSA) is 101 Å². The number of benzene rings is 1. The summed E-state index contributed by atoms with van der Waals surface area (Å²) in [5, 5.41) is 2.70. The lowest BCUT2D eigenvalue weighted by molar-refractivity contribution is -0.116. The minimum absolute atomic E-state index is 0.0704. The summed E-state index contributed by atoms with van der Waals surface area (Å²) in [7, 11) is -3.64. The highest BCUT2D eigenvalue weighted by Gasteiger charge is 2.23. The Morgan fingerprint density at radius 3 is 2.81 bits per heavy atom. The first-order chi connectivity index (χ1) is 9.79. The average molecular weight is 376 g/mol. The molecule has 2 rings (SSSR count). The summed E-state index contributed by atoms with van der Waals surface area (Å²) in [6.45, 7) is 2.09. The maximum absolute atomic E-state index is 12.3. The summed E-state index contributed by atoms with van der Waals surface area (Å²) in [5.41, 5.74) is 7.09. The zero-order valence-electron chi connectivity index (χ0n) is 11.6. The molecule has 1 aromatic carbocycles. The molecule has 8 heteroatoms. The van der Waals surface area contributed by atoms with Crippen LogP contribution in [0, 0.1) is 0 Å². The maximum atomic E-state index is 12.3. The van der Waals surface area contributed by atoms with Gasteiger partial charge in [-0.3, -0.25) is 4.79 Å². The van der Waals surface area contributed by atoms with Crippen molar-refractivity contribution in [2.45, 2.75) is 37.1 Å².